The van der Waals surface area contributed by atoms with Gasteiger partial charge in [-0.25, -0.2) is 0 Å². The minimum absolute atomic E-state index is 0.116. The smallest absolute Gasteiger partial charge is 0.269 e. The highest BCUT2D eigenvalue weighted by Gasteiger charge is 2.24. The number of nitro groups is 1. The van der Waals surface area contributed by atoms with Crippen molar-refractivity contribution in [1.29, 1.82) is 0 Å². The summed E-state index contributed by atoms with van der Waals surface area (Å²) in [7, 11) is 2.84. The van der Waals surface area contributed by atoms with Gasteiger partial charge < -0.3 is 14.8 Å². The maximum Gasteiger partial charge on any atom is 0.269 e. The van der Waals surface area contributed by atoms with Gasteiger partial charge in [-0.3, -0.25) is 19.7 Å². The number of carbonyl (C=O) groups is 2. The summed E-state index contributed by atoms with van der Waals surface area (Å²) in [6, 6.07) is 6.68. The largest absolute Gasteiger partial charge is 0.493 e. The van der Waals surface area contributed by atoms with E-state index in [0.717, 1.165) is 0 Å². The molecular formula is C18H17ClN4O6. The van der Waals surface area contributed by atoms with E-state index in [2.05, 4.69) is 15.5 Å². The Morgan fingerprint density at radius 3 is 2.34 bits per heavy atom. The number of anilines is 1. The van der Waals surface area contributed by atoms with Crippen molar-refractivity contribution in [2.24, 2.45) is 10.2 Å². The number of benzene rings is 2. The second kappa shape index (κ2) is 9.60. The van der Waals surface area contributed by atoms with Crippen molar-refractivity contribution in [3.8, 4) is 11.5 Å². The summed E-state index contributed by atoms with van der Waals surface area (Å²) in [6.07, 6.45) is 0. The number of ketones is 1. The van der Waals surface area contributed by atoms with Crippen LogP contribution in [0, 0.1) is 10.1 Å². The van der Waals surface area contributed by atoms with E-state index in [-0.39, 0.29) is 22.1 Å². The molecule has 1 atom stereocenters. The Hall–Kier alpha value is -3.53. The standard InChI is InChI=1S/C18H17ClN4O6/c1-10(24)16(22-21-11-4-6-13(7-5-11)23(26)27)18(25)20-12-8-14(19)17(29-3)15(9-12)28-2/h4-9,16H,1-3H3,(H,20,25). The number of non-ortho nitro benzene ring substituents is 1. The molecule has 10 nitrogen and oxygen atoms in total. The summed E-state index contributed by atoms with van der Waals surface area (Å²) in [5.74, 6) is -0.679. The molecule has 0 heterocycles. The van der Waals surface area contributed by atoms with E-state index in [0.29, 0.717) is 11.5 Å². The van der Waals surface area contributed by atoms with Crippen molar-refractivity contribution in [2.75, 3.05) is 19.5 Å². The fourth-order valence-electron chi connectivity index (χ4n) is 2.28. The van der Waals surface area contributed by atoms with Crippen LogP contribution in [0.15, 0.2) is 46.6 Å². The number of Topliss-reactive ketones (excluding diaryl/α,β-unsaturated/α-hetero) is 1. The first kappa shape index (κ1) is 21.8. The first-order valence-electron chi connectivity index (χ1n) is 8.15. The molecule has 152 valence electrons. The Bertz CT molecular complexity index is 962. The molecule has 11 heteroatoms. The van der Waals surface area contributed by atoms with Crippen molar-refractivity contribution >= 4 is 40.4 Å². The number of nitrogens with one attached hydrogen (secondary N) is 1. The highest BCUT2D eigenvalue weighted by atomic mass is 35.5. The predicted molar refractivity (Wildman–Crippen MR) is 105 cm³/mol. The van der Waals surface area contributed by atoms with Crippen LogP contribution in [0.2, 0.25) is 5.02 Å². The second-order valence-electron chi connectivity index (χ2n) is 5.68. The number of nitrogens with zero attached hydrogens (tertiary/aromatic N) is 3. The highest BCUT2D eigenvalue weighted by molar-refractivity contribution is 6.32. The van der Waals surface area contributed by atoms with E-state index >= 15 is 0 Å². The van der Waals surface area contributed by atoms with Gasteiger partial charge in [0, 0.05) is 23.9 Å². The highest BCUT2D eigenvalue weighted by Crippen LogP contribution is 2.37. The van der Waals surface area contributed by atoms with Crippen molar-refractivity contribution < 1.29 is 24.0 Å². The van der Waals surface area contributed by atoms with Gasteiger partial charge in [0.2, 0.25) is 6.04 Å². The Labute approximate surface area is 170 Å². The van der Waals surface area contributed by atoms with Gasteiger partial charge in [0.15, 0.2) is 17.3 Å². The minimum Gasteiger partial charge on any atom is -0.493 e. The monoisotopic (exact) mass is 420 g/mol. The predicted octanol–water partition coefficient (Wildman–Crippen LogP) is 3.95. The number of azo groups is 1. The summed E-state index contributed by atoms with van der Waals surface area (Å²) >= 11 is 6.10. The fraction of sp³-hybridized carbons (Fsp3) is 0.222. The lowest BCUT2D eigenvalue weighted by atomic mass is 10.2. The van der Waals surface area contributed by atoms with E-state index in [4.69, 9.17) is 21.1 Å². The second-order valence-corrected chi connectivity index (χ2v) is 6.09. The molecule has 2 aromatic carbocycles. The summed E-state index contributed by atoms with van der Waals surface area (Å²) in [4.78, 5) is 34.5. The summed E-state index contributed by atoms with van der Waals surface area (Å²) in [6.45, 7) is 1.20. The molecule has 0 saturated heterocycles. The van der Waals surface area contributed by atoms with E-state index in [1.54, 1.807) is 0 Å². The first-order chi connectivity index (χ1) is 13.8. The van der Waals surface area contributed by atoms with Gasteiger partial charge in [-0.2, -0.15) is 10.2 Å². The summed E-state index contributed by atoms with van der Waals surface area (Å²) in [5.41, 5.74) is 0.411. The van der Waals surface area contributed by atoms with Crippen LogP contribution in [0.1, 0.15) is 6.92 Å². The van der Waals surface area contributed by atoms with Gasteiger partial charge in [-0.05, 0) is 25.1 Å². The lowest BCUT2D eigenvalue weighted by Gasteiger charge is -2.13. The van der Waals surface area contributed by atoms with Gasteiger partial charge in [-0.15, -0.1) is 0 Å². The van der Waals surface area contributed by atoms with E-state index in [9.17, 15) is 19.7 Å². The molecule has 0 aromatic heterocycles. The molecule has 1 N–H and O–H groups in total. The number of halogens is 1. The third kappa shape index (κ3) is 5.48. The van der Waals surface area contributed by atoms with Gasteiger partial charge in [0.25, 0.3) is 11.6 Å². The lowest BCUT2D eigenvalue weighted by molar-refractivity contribution is -0.384. The van der Waals surface area contributed by atoms with Gasteiger partial charge >= 0.3 is 0 Å². The van der Waals surface area contributed by atoms with Gasteiger partial charge in [0.05, 0.1) is 29.9 Å². The molecule has 0 aliphatic heterocycles. The van der Waals surface area contributed by atoms with E-state index in [1.165, 1.54) is 57.5 Å². The Kier molecular flexibility index (Phi) is 7.21. The first-order valence-corrected chi connectivity index (χ1v) is 8.52. The van der Waals surface area contributed by atoms with Crippen molar-refractivity contribution in [3.63, 3.8) is 0 Å². The molecular weight excluding hydrogens is 404 g/mol. The Balaban J connectivity index is 2.20. The zero-order valence-corrected chi connectivity index (χ0v) is 16.5. The van der Waals surface area contributed by atoms with E-state index < -0.39 is 22.7 Å². The molecule has 0 aliphatic rings. The molecule has 2 rings (SSSR count). The Morgan fingerprint density at radius 1 is 1.17 bits per heavy atom. The number of hydrogen-bond donors (Lipinski definition) is 1. The number of rotatable bonds is 8. The summed E-state index contributed by atoms with van der Waals surface area (Å²) < 4.78 is 10.3. The van der Waals surface area contributed by atoms with Crippen molar-refractivity contribution in [3.05, 3.63) is 51.5 Å². The van der Waals surface area contributed by atoms with Crippen LogP contribution in [0.25, 0.3) is 0 Å². The molecule has 1 unspecified atom stereocenters. The third-order valence-electron chi connectivity index (χ3n) is 3.68. The molecule has 1 amide bonds. The molecule has 2 aromatic rings. The van der Waals surface area contributed by atoms with Crippen molar-refractivity contribution in [1.82, 2.24) is 0 Å². The number of amides is 1. The average molecular weight is 421 g/mol. The van der Waals surface area contributed by atoms with Crippen LogP contribution >= 0.6 is 11.6 Å². The molecule has 0 radical (unpaired) electrons. The van der Waals surface area contributed by atoms with Gasteiger partial charge in [-0.1, -0.05) is 11.6 Å². The number of nitro benzene ring substituents is 1. The minimum atomic E-state index is -1.42. The zero-order valence-electron chi connectivity index (χ0n) is 15.7. The summed E-state index contributed by atoms with van der Waals surface area (Å²) in [5, 5.41) is 21.0. The van der Waals surface area contributed by atoms with Crippen molar-refractivity contribution in [2.45, 2.75) is 13.0 Å². The maximum atomic E-state index is 12.5. The lowest BCUT2D eigenvalue weighted by Crippen LogP contribution is -2.31. The van der Waals surface area contributed by atoms with E-state index in [1.807, 2.05) is 0 Å². The Morgan fingerprint density at radius 2 is 1.83 bits per heavy atom. The normalized spacial score (nSPS) is 11.7. The quantitative estimate of drug-likeness (QED) is 0.297. The molecule has 0 bridgehead atoms. The SMILES string of the molecule is COc1cc(NC(=O)C(N=Nc2ccc([N+](=O)[O-])cc2)C(C)=O)cc(Cl)c1OC. The molecule has 0 aliphatic carbocycles. The van der Waals surface area contributed by atoms with Crippen LogP contribution in [0.5, 0.6) is 11.5 Å². The number of methoxy groups -OCH3 is 2. The molecule has 0 saturated carbocycles. The molecule has 29 heavy (non-hydrogen) atoms. The third-order valence-corrected chi connectivity index (χ3v) is 3.96. The fourth-order valence-corrected chi connectivity index (χ4v) is 2.57. The molecule has 0 spiro atoms. The van der Waals surface area contributed by atoms with Crippen LogP contribution in [-0.4, -0.2) is 36.9 Å². The number of hydrogen-bond acceptors (Lipinski definition) is 8. The topological polar surface area (TPSA) is 132 Å². The van der Waals surface area contributed by atoms with Crippen LogP contribution in [0.4, 0.5) is 17.1 Å². The van der Waals surface area contributed by atoms with Crippen LogP contribution < -0.4 is 14.8 Å². The zero-order chi connectivity index (χ0) is 21.6. The maximum absolute atomic E-state index is 12.5. The average Bonchev–Trinajstić information content (AvgIpc) is 2.67. The van der Waals surface area contributed by atoms with Crippen LogP contribution in [0.3, 0.4) is 0 Å². The number of ether oxygens (including phenoxy) is 2. The van der Waals surface area contributed by atoms with Crippen LogP contribution in [-0.2, 0) is 9.59 Å². The number of carbonyl (C=O) groups excluding carboxylic acids is 2. The van der Waals surface area contributed by atoms with Gasteiger partial charge in [0.1, 0.15) is 0 Å². The molecule has 0 fully saturated rings.